The Kier molecular flexibility index (Phi) is 10.3. The normalized spacial score (nSPS) is 19.2. The van der Waals surface area contributed by atoms with Gasteiger partial charge < -0.3 is 32.0 Å². The number of nitrogens with one attached hydrogen (secondary N) is 1. The second-order valence-electron chi connectivity index (χ2n) is 10.7. The molecule has 3 heterocycles. The SMILES string of the molecule is CC(C)c1cncc(C(=O)Nc2ccc(CC[C@H]3COC(N)=N3)cc2)n1.C[C@@H]1OC(N)=N[C@H]1CCc1ccc(N)cc1. The minimum Gasteiger partial charge on any atom is -0.463 e. The number of benzene rings is 2. The Morgan fingerprint density at radius 3 is 2.19 bits per heavy atom. The van der Waals surface area contributed by atoms with Gasteiger partial charge in [0.2, 0.25) is 0 Å². The number of nitrogen functional groups attached to an aromatic ring is 1. The van der Waals surface area contributed by atoms with Crippen LogP contribution in [0.3, 0.4) is 0 Å². The third kappa shape index (κ3) is 8.92. The second-order valence-corrected chi connectivity index (χ2v) is 10.7. The molecule has 0 spiro atoms. The Hall–Kier alpha value is -4.67. The Balaban J connectivity index is 0.000000216. The summed E-state index contributed by atoms with van der Waals surface area (Å²) in [6, 6.07) is 16.6. The Morgan fingerprint density at radius 1 is 0.929 bits per heavy atom. The number of aliphatic imine (C=N–C) groups is 2. The summed E-state index contributed by atoms with van der Waals surface area (Å²) < 4.78 is 10.4. The third-order valence-electron chi connectivity index (χ3n) is 7.04. The molecule has 11 nitrogen and oxygen atoms in total. The zero-order valence-electron chi connectivity index (χ0n) is 24.4. The molecule has 42 heavy (non-hydrogen) atoms. The zero-order valence-corrected chi connectivity index (χ0v) is 24.4. The molecule has 2 aromatic carbocycles. The van der Waals surface area contributed by atoms with Crippen molar-refractivity contribution in [1.82, 2.24) is 9.97 Å². The molecule has 5 rings (SSSR count). The summed E-state index contributed by atoms with van der Waals surface area (Å²) in [5.41, 5.74) is 21.7. The lowest BCUT2D eigenvalue weighted by molar-refractivity contribution is 0.102. The standard InChI is InChI=1S/C19H23N5O2.C12H17N3O/c1-12(2)16-9-21-10-17(24-16)18(25)22-14-6-3-13(4-7-14)5-8-15-11-26-19(20)23-15;1-8-11(15-12(14)16-8)7-4-9-2-5-10(13)6-3-9/h3-4,6-7,9-10,12,15H,5,8,11H2,1-2H3,(H2,20,23)(H,22,25);2-3,5-6,8,11H,4,7,13H2,1H3,(H2,14,15)/t15-;8-,11-/m00/s1. The van der Waals surface area contributed by atoms with Crippen LogP contribution in [0, 0.1) is 0 Å². The van der Waals surface area contributed by atoms with Gasteiger partial charge >= 0.3 is 0 Å². The Morgan fingerprint density at radius 2 is 1.60 bits per heavy atom. The van der Waals surface area contributed by atoms with E-state index >= 15 is 0 Å². The van der Waals surface area contributed by atoms with E-state index in [1.165, 1.54) is 17.3 Å². The molecule has 0 aliphatic carbocycles. The number of aryl methyl sites for hydroxylation is 2. The fourth-order valence-electron chi connectivity index (χ4n) is 4.50. The fourth-order valence-corrected chi connectivity index (χ4v) is 4.50. The van der Waals surface area contributed by atoms with Gasteiger partial charge in [0.1, 0.15) is 18.4 Å². The predicted octanol–water partition coefficient (Wildman–Crippen LogP) is 3.80. The van der Waals surface area contributed by atoms with Crippen LogP contribution in [0.1, 0.15) is 66.8 Å². The second kappa shape index (κ2) is 14.3. The summed E-state index contributed by atoms with van der Waals surface area (Å²) in [5.74, 6) is -0.0415. The molecule has 3 atom stereocenters. The average molecular weight is 573 g/mol. The van der Waals surface area contributed by atoms with Crippen molar-refractivity contribution in [3.63, 3.8) is 0 Å². The van der Waals surface area contributed by atoms with Gasteiger partial charge in [-0.1, -0.05) is 38.1 Å². The molecule has 0 saturated carbocycles. The van der Waals surface area contributed by atoms with Crippen LogP contribution >= 0.6 is 0 Å². The molecule has 7 N–H and O–H groups in total. The van der Waals surface area contributed by atoms with Crippen molar-refractivity contribution in [2.45, 2.75) is 70.6 Å². The maximum atomic E-state index is 12.4. The smallest absolute Gasteiger partial charge is 0.282 e. The van der Waals surface area contributed by atoms with Gasteiger partial charge in [-0.25, -0.2) is 15.0 Å². The van der Waals surface area contributed by atoms with Crippen molar-refractivity contribution in [1.29, 1.82) is 0 Å². The molecule has 1 aromatic heterocycles. The van der Waals surface area contributed by atoms with Crippen LogP contribution in [0.25, 0.3) is 0 Å². The summed E-state index contributed by atoms with van der Waals surface area (Å²) >= 11 is 0. The van der Waals surface area contributed by atoms with Crippen LogP contribution in [-0.4, -0.2) is 52.7 Å². The van der Waals surface area contributed by atoms with Crippen molar-refractivity contribution in [3.05, 3.63) is 83.4 Å². The van der Waals surface area contributed by atoms with Crippen LogP contribution in [0.4, 0.5) is 11.4 Å². The number of carbonyl (C=O) groups excluding carboxylic acids is 1. The number of rotatable bonds is 9. The van der Waals surface area contributed by atoms with Gasteiger partial charge in [-0.05, 0) is 73.9 Å². The van der Waals surface area contributed by atoms with Gasteiger partial charge in [0.25, 0.3) is 18.0 Å². The molecule has 3 aromatic rings. The molecule has 0 fully saturated rings. The fraction of sp³-hybridized carbons (Fsp3) is 0.387. The van der Waals surface area contributed by atoms with Gasteiger partial charge in [-0.3, -0.25) is 9.78 Å². The lowest BCUT2D eigenvalue weighted by Crippen LogP contribution is -2.20. The maximum absolute atomic E-state index is 12.4. The summed E-state index contributed by atoms with van der Waals surface area (Å²) in [5, 5.41) is 2.85. The number of aromatic nitrogens is 2. The van der Waals surface area contributed by atoms with Gasteiger partial charge in [0.05, 0.1) is 24.0 Å². The molecule has 0 saturated heterocycles. The highest BCUT2D eigenvalue weighted by molar-refractivity contribution is 6.02. The van der Waals surface area contributed by atoms with E-state index in [9.17, 15) is 4.79 Å². The molecule has 1 amide bonds. The molecule has 0 unspecified atom stereocenters. The van der Waals surface area contributed by atoms with Crippen LogP contribution in [-0.2, 0) is 22.3 Å². The van der Waals surface area contributed by atoms with E-state index in [-0.39, 0.29) is 36.0 Å². The molecular formula is C31H40N8O3. The van der Waals surface area contributed by atoms with E-state index in [1.54, 1.807) is 6.20 Å². The monoisotopic (exact) mass is 572 g/mol. The van der Waals surface area contributed by atoms with E-state index in [0.29, 0.717) is 18.3 Å². The molecule has 2 aliphatic heterocycles. The van der Waals surface area contributed by atoms with Crippen molar-refractivity contribution in [2.75, 3.05) is 17.7 Å². The van der Waals surface area contributed by atoms with Crippen LogP contribution < -0.4 is 22.5 Å². The van der Waals surface area contributed by atoms with E-state index in [0.717, 1.165) is 42.8 Å². The Labute approximate surface area is 246 Å². The van der Waals surface area contributed by atoms with Gasteiger partial charge in [0, 0.05) is 17.6 Å². The first kappa shape index (κ1) is 30.3. The van der Waals surface area contributed by atoms with Gasteiger partial charge in [-0.2, -0.15) is 0 Å². The molecule has 11 heteroatoms. The third-order valence-corrected chi connectivity index (χ3v) is 7.04. The Bertz CT molecular complexity index is 1390. The topological polar surface area (TPSA) is 176 Å². The number of nitrogens with zero attached hydrogens (tertiary/aromatic N) is 4. The number of hydrogen-bond donors (Lipinski definition) is 4. The molecule has 0 bridgehead atoms. The largest absolute Gasteiger partial charge is 0.463 e. The lowest BCUT2D eigenvalue weighted by atomic mass is 10.0. The van der Waals surface area contributed by atoms with Crippen molar-refractivity contribution >= 4 is 29.3 Å². The maximum Gasteiger partial charge on any atom is 0.282 e. The quantitative estimate of drug-likeness (QED) is 0.280. The summed E-state index contributed by atoms with van der Waals surface area (Å²) in [6.45, 7) is 6.58. The number of anilines is 2. The van der Waals surface area contributed by atoms with E-state index in [2.05, 4.69) is 25.3 Å². The van der Waals surface area contributed by atoms with Crippen molar-refractivity contribution < 1.29 is 14.3 Å². The molecule has 222 valence electrons. The first-order valence-electron chi connectivity index (χ1n) is 14.2. The summed E-state index contributed by atoms with van der Waals surface area (Å²) in [4.78, 5) is 29.3. The van der Waals surface area contributed by atoms with Gasteiger partial charge in [0.15, 0.2) is 0 Å². The minimum absolute atomic E-state index is 0.0915. The van der Waals surface area contributed by atoms with Crippen LogP contribution in [0.5, 0.6) is 0 Å². The highest BCUT2D eigenvalue weighted by Crippen LogP contribution is 2.18. The number of hydrogen-bond acceptors (Lipinski definition) is 10. The number of amidine groups is 2. The molecule has 2 aliphatic rings. The van der Waals surface area contributed by atoms with Crippen molar-refractivity contribution in [3.8, 4) is 0 Å². The predicted molar refractivity (Wildman–Crippen MR) is 165 cm³/mol. The van der Waals surface area contributed by atoms with E-state index in [1.807, 2.05) is 69.3 Å². The van der Waals surface area contributed by atoms with E-state index in [4.69, 9.17) is 26.7 Å². The minimum atomic E-state index is -0.263. The average Bonchev–Trinajstić information content (AvgIpc) is 3.55. The van der Waals surface area contributed by atoms with Crippen LogP contribution in [0.15, 0.2) is 70.9 Å². The summed E-state index contributed by atoms with van der Waals surface area (Å²) in [7, 11) is 0. The zero-order chi connectivity index (χ0) is 30.1. The molecular weight excluding hydrogens is 532 g/mol. The molecule has 0 radical (unpaired) electrons. The number of carbonyl (C=O) groups is 1. The lowest BCUT2D eigenvalue weighted by Gasteiger charge is -2.11. The number of ether oxygens (including phenoxy) is 2. The van der Waals surface area contributed by atoms with Crippen LogP contribution in [0.2, 0.25) is 0 Å². The van der Waals surface area contributed by atoms with Crippen molar-refractivity contribution in [2.24, 2.45) is 21.5 Å². The first-order chi connectivity index (χ1) is 20.2. The van der Waals surface area contributed by atoms with Gasteiger partial charge in [-0.15, -0.1) is 0 Å². The number of amides is 1. The van der Waals surface area contributed by atoms with E-state index < -0.39 is 0 Å². The highest BCUT2D eigenvalue weighted by Gasteiger charge is 2.25. The summed E-state index contributed by atoms with van der Waals surface area (Å²) in [6.07, 6.45) is 6.93. The number of nitrogens with two attached hydrogens (primary N) is 3. The highest BCUT2D eigenvalue weighted by atomic mass is 16.5. The first-order valence-corrected chi connectivity index (χ1v) is 14.2.